The number of nitro groups is 1. The molecule has 0 bridgehead atoms. The van der Waals surface area contributed by atoms with Gasteiger partial charge in [-0.05, 0) is 38.6 Å². The molecule has 5 heteroatoms. The zero-order valence-electron chi connectivity index (χ0n) is 10.1. The van der Waals surface area contributed by atoms with Crippen LogP contribution in [0.1, 0.15) is 12.0 Å². The van der Waals surface area contributed by atoms with Crippen LogP contribution in [0.2, 0.25) is 0 Å². The molecule has 1 atom stereocenters. The molecular weight excluding hydrogens is 218 g/mol. The Kier molecular flexibility index (Phi) is 3.28. The van der Waals surface area contributed by atoms with Gasteiger partial charge in [0.05, 0.1) is 4.92 Å². The third kappa shape index (κ3) is 2.74. The average molecular weight is 235 g/mol. The fraction of sp³-hybridized carbons (Fsp3) is 0.500. The molecule has 0 spiro atoms. The van der Waals surface area contributed by atoms with E-state index in [1.54, 1.807) is 12.1 Å². The van der Waals surface area contributed by atoms with Gasteiger partial charge in [0.25, 0.3) is 5.69 Å². The summed E-state index contributed by atoms with van der Waals surface area (Å²) in [6, 6.07) is 5.61. The molecule has 1 unspecified atom stereocenters. The number of hydrogen-bond donors (Lipinski definition) is 1. The van der Waals surface area contributed by atoms with Crippen molar-refractivity contribution in [1.29, 1.82) is 0 Å². The van der Waals surface area contributed by atoms with Crippen LogP contribution in [-0.4, -0.2) is 36.0 Å². The van der Waals surface area contributed by atoms with Crippen molar-refractivity contribution in [2.24, 2.45) is 0 Å². The van der Waals surface area contributed by atoms with Crippen LogP contribution in [0.5, 0.6) is 0 Å². The summed E-state index contributed by atoms with van der Waals surface area (Å²) in [6.45, 7) is 3.84. The van der Waals surface area contributed by atoms with Gasteiger partial charge < -0.3 is 10.2 Å². The number of nitrogens with zero attached hydrogens (tertiary/aromatic N) is 2. The topological polar surface area (TPSA) is 58.4 Å². The van der Waals surface area contributed by atoms with E-state index in [1.807, 2.05) is 13.0 Å². The second-order valence-electron chi connectivity index (χ2n) is 4.67. The molecule has 0 radical (unpaired) electrons. The lowest BCUT2D eigenvalue weighted by molar-refractivity contribution is -0.384. The van der Waals surface area contributed by atoms with E-state index in [9.17, 15) is 10.1 Å². The Labute approximate surface area is 101 Å². The van der Waals surface area contributed by atoms with Gasteiger partial charge in [-0.3, -0.25) is 10.1 Å². The number of rotatable bonds is 3. The molecule has 0 saturated carbocycles. The Balaban J connectivity index is 2.17. The molecule has 1 aliphatic heterocycles. The second kappa shape index (κ2) is 4.71. The Morgan fingerprint density at radius 3 is 2.88 bits per heavy atom. The molecule has 1 aliphatic rings. The molecule has 92 valence electrons. The first-order valence-corrected chi connectivity index (χ1v) is 5.76. The van der Waals surface area contributed by atoms with Crippen LogP contribution in [0, 0.1) is 17.0 Å². The predicted octanol–water partition coefficient (Wildman–Crippen LogP) is 2.02. The van der Waals surface area contributed by atoms with Crippen molar-refractivity contribution in [2.75, 3.05) is 25.5 Å². The molecule has 0 amide bonds. The van der Waals surface area contributed by atoms with E-state index in [4.69, 9.17) is 0 Å². The van der Waals surface area contributed by atoms with Crippen LogP contribution in [-0.2, 0) is 0 Å². The monoisotopic (exact) mass is 235 g/mol. The van der Waals surface area contributed by atoms with E-state index < -0.39 is 0 Å². The quantitative estimate of drug-likeness (QED) is 0.643. The van der Waals surface area contributed by atoms with Crippen molar-refractivity contribution in [1.82, 2.24) is 4.90 Å². The van der Waals surface area contributed by atoms with Crippen molar-refractivity contribution in [3.63, 3.8) is 0 Å². The van der Waals surface area contributed by atoms with E-state index in [0.29, 0.717) is 11.7 Å². The van der Waals surface area contributed by atoms with Crippen molar-refractivity contribution < 1.29 is 4.92 Å². The standard InChI is InChI=1S/C12H17N3O2/c1-9-3-4-11(12(7-9)15(16)17)13-10-5-6-14(2)8-10/h3-4,7,10,13H,5-6,8H2,1-2H3. The summed E-state index contributed by atoms with van der Waals surface area (Å²) in [5.74, 6) is 0. The third-order valence-corrected chi connectivity index (χ3v) is 3.10. The van der Waals surface area contributed by atoms with Crippen molar-refractivity contribution in [3.8, 4) is 0 Å². The summed E-state index contributed by atoms with van der Waals surface area (Å²) < 4.78 is 0. The maximum atomic E-state index is 11.0. The van der Waals surface area contributed by atoms with Crippen molar-refractivity contribution in [3.05, 3.63) is 33.9 Å². The number of benzene rings is 1. The van der Waals surface area contributed by atoms with Gasteiger partial charge in [0.2, 0.25) is 0 Å². The average Bonchev–Trinajstić information content (AvgIpc) is 2.66. The number of hydrogen-bond acceptors (Lipinski definition) is 4. The highest BCUT2D eigenvalue weighted by Crippen LogP contribution is 2.27. The van der Waals surface area contributed by atoms with E-state index >= 15 is 0 Å². The van der Waals surface area contributed by atoms with Gasteiger partial charge in [0.15, 0.2) is 0 Å². The lowest BCUT2D eigenvalue weighted by Gasteiger charge is -2.14. The van der Waals surface area contributed by atoms with E-state index in [2.05, 4.69) is 17.3 Å². The fourth-order valence-electron chi connectivity index (χ4n) is 2.19. The normalized spacial score (nSPS) is 20.5. The molecule has 1 N–H and O–H groups in total. The van der Waals surface area contributed by atoms with E-state index in [1.165, 1.54) is 0 Å². The smallest absolute Gasteiger partial charge is 0.292 e. The summed E-state index contributed by atoms with van der Waals surface area (Å²) in [5, 5.41) is 14.2. The SMILES string of the molecule is Cc1ccc(NC2CCN(C)C2)c([N+](=O)[O-])c1. The largest absolute Gasteiger partial charge is 0.375 e. The number of nitrogens with one attached hydrogen (secondary N) is 1. The number of likely N-dealkylation sites (tertiary alicyclic amines) is 1. The lowest BCUT2D eigenvalue weighted by Crippen LogP contribution is -2.23. The maximum Gasteiger partial charge on any atom is 0.292 e. The summed E-state index contributed by atoms with van der Waals surface area (Å²) in [6.07, 6.45) is 1.03. The molecule has 1 aromatic carbocycles. The minimum Gasteiger partial charge on any atom is -0.375 e. The first kappa shape index (κ1) is 11.9. The molecule has 1 aromatic rings. The first-order chi connectivity index (χ1) is 8.06. The highest BCUT2D eigenvalue weighted by atomic mass is 16.6. The van der Waals surface area contributed by atoms with Gasteiger partial charge in [0.1, 0.15) is 5.69 Å². The number of likely N-dealkylation sites (N-methyl/N-ethyl adjacent to an activating group) is 1. The molecule has 2 rings (SSSR count). The number of aryl methyl sites for hydroxylation is 1. The van der Waals surface area contributed by atoms with Gasteiger partial charge >= 0.3 is 0 Å². The van der Waals surface area contributed by atoms with Gasteiger partial charge in [-0.15, -0.1) is 0 Å². The highest BCUT2D eigenvalue weighted by molar-refractivity contribution is 5.63. The zero-order chi connectivity index (χ0) is 12.4. The molecule has 5 nitrogen and oxygen atoms in total. The van der Waals surface area contributed by atoms with Gasteiger partial charge in [0, 0.05) is 18.7 Å². The van der Waals surface area contributed by atoms with Gasteiger partial charge in [-0.25, -0.2) is 0 Å². The molecule has 1 heterocycles. The fourth-order valence-corrected chi connectivity index (χ4v) is 2.19. The Hall–Kier alpha value is -1.62. The predicted molar refractivity (Wildman–Crippen MR) is 67.4 cm³/mol. The van der Waals surface area contributed by atoms with Crippen LogP contribution in [0.4, 0.5) is 11.4 Å². The van der Waals surface area contributed by atoms with Crippen molar-refractivity contribution >= 4 is 11.4 Å². The maximum absolute atomic E-state index is 11.0. The zero-order valence-corrected chi connectivity index (χ0v) is 10.1. The molecule has 1 saturated heterocycles. The van der Waals surface area contributed by atoms with Crippen LogP contribution >= 0.6 is 0 Å². The number of anilines is 1. The molecule has 1 fully saturated rings. The van der Waals surface area contributed by atoms with Gasteiger partial charge in [-0.1, -0.05) is 6.07 Å². The van der Waals surface area contributed by atoms with E-state index in [-0.39, 0.29) is 10.6 Å². The Morgan fingerprint density at radius 2 is 2.29 bits per heavy atom. The molecule has 0 aromatic heterocycles. The molecular formula is C12H17N3O2. The Bertz CT molecular complexity index is 434. The minimum atomic E-state index is -0.325. The molecule has 0 aliphatic carbocycles. The summed E-state index contributed by atoms with van der Waals surface area (Å²) in [4.78, 5) is 12.9. The summed E-state index contributed by atoms with van der Waals surface area (Å²) >= 11 is 0. The van der Waals surface area contributed by atoms with Crippen LogP contribution in [0.15, 0.2) is 18.2 Å². The molecule has 17 heavy (non-hydrogen) atoms. The van der Waals surface area contributed by atoms with Gasteiger partial charge in [-0.2, -0.15) is 0 Å². The van der Waals surface area contributed by atoms with Crippen LogP contribution < -0.4 is 5.32 Å². The second-order valence-corrected chi connectivity index (χ2v) is 4.67. The first-order valence-electron chi connectivity index (χ1n) is 5.76. The summed E-state index contributed by atoms with van der Waals surface area (Å²) in [7, 11) is 2.06. The number of nitro benzene ring substituents is 1. The van der Waals surface area contributed by atoms with Crippen molar-refractivity contribution in [2.45, 2.75) is 19.4 Å². The minimum absolute atomic E-state index is 0.166. The summed E-state index contributed by atoms with van der Waals surface area (Å²) in [5.41, 5.74) is 1.70. The van der Waals surface area contributed by atoms with Crippen LogP contribution in [0.3, 0.4) is 0 Å². The Morgan fingerprint density at radius 1 is 1.53 bits per heavy atom. The lowest BCUT2D eigenvalue weighted by atomic mass is 10.1. The highest BCUT2D eigenvalue weighted by Gasteiger charge is 2.22. The third-order valence-electron chi connectivity index (χ3n) is 3.10. The van der Waals surface area contributed by atoms with Crippen LogP contribution in [0.25, 0.3) is 0 Å². The van der Waals surface area contributed by atoms with E-state index in [0.717, 1.165) is 25.1 Å².